The van der Waals surface area contributed by atoms with Crippen molar-refractivity contribution in [2.24, 2.45) is 0 Å². The Balaban J connectivity index is 1.95. The largest absolute Gasteiger partial charge is 0.464 e. The number of furan rings is 1. The number of carbonyl (C=O) groups is 2. The fourth-order valence-electron chi connectivity index (χ4n) is 2.04. The van der Waals surface area contributed by atoms with Gasteiger partial charge in [0.25, 0.3) is 5.69 Å². The average Bonchev–Trinajstić information content (AvgIpc) is 3.00. The van der Waals surface area contributed by atoms with Crippen LogP contribution in [-0.4, -0.2) is 28.4 Å². The predicted molar refractivity (Wildman–Crippen MR) is 87.9 cm³/mol. The summed E-state index contributed by atoms with van der Waals surface area (Å²) >= 11 is 0. The van der Waals surface area contributed by atoms with Gasteiger partial charge in [-0.3, -0.25) is 19.7 Å². The molecule has 0 saturated carbocycles. The maximum atomic E-state index is 11.9. The molecule has 0 aliphatic carbocycles. The van der Waals surface area contributed by atoms with Crippen LogP contribution in [-0.2, 0) is 9.59 Å². The molecule has 25 heavy (non-hydrogen) atoms. The molecular formula is C16H17N3O6. The Hall–Kier alpha value is -3.20. The van der Waals surface area contributed by atoms with Crippen LogP contribution in [0.4, 0.5) is 11.4 Å². The molecule has 1 aromatic carbocycles. The first-order valence-electron chi connectivity index (χ1n) is 7.36. The van der Waals surface area contributed by atoms with Crippen LogP contribution in [0.2, 0.25) is 0 Å². The number of rotatable bonds is 5. The average molecular weight is 347 g/mol. The minimum Gasteiger partial charge on any atom is -0.464 e. The van der Waals surface area contributed by atoms with Gasteiger partial charge in [-0.1, -0.05) is 6.07 Å². The van der Waals surface area contributed by atoms with E-state index in [1.807, 2.05) is 0 Å². The molecule has 1 aromatic heterocycles. The van der Waals surface area contributed by atoms with E-state index < -0.39 is 22.8 Å². The fourth-order valence-corrected chi connectivity index (χ4v) is 2.04. The number of nitrogens with one attached hydrogen (secondary N) is 2. The number of aliphatic hydroxyl groups is 1. The lowest BCUT2D eigenvalue weighted by Crippen LogP contribution is -2.37. The van der Waals surface area contributed by atoms with Crippen LogP contribution in [0, 0.1) is 24.0 Å². The minimum absolute atomic E-state index is 0.163. The van der Waals surface area contributed by atoms with Gasteiger partial charge >= 0.3 is 11.8 Å². The van der Waals surface area contributed by atoms with Crippen molar-refractivity contribution >= 4 is 23.2 Å². The molecule has 0 aliphatic heterocycles. The monoisotopic (exact) mass is 347 g/mol. The smallest absolute Gasteiger partial charge is 0.313 e. The number of anilines is 1. The van der Waals surface area contributed by atoms with Crippen molar-refractivity contribution in [1.82, 2.24) is 5.32 Å². The molecule has 132 valence electrons. The number of aliphatic hydroxyl groups excluding tert-OH is 1. The fraction of sp³-hybridized carbons (Fsp3) is 0.250. The molecule has 0 spiro atoms. The molecule has 1 heterocycles. The maximum Gasteiger partial charge on any atom is 0.313 e. The Morgan fingerprint density at radius 1 is 1.24 bits per heavy atom. The highest BCUT2D eigenvalue weighted by molar-refractivity contribution is 6.39. The van der Waals surface area contributed by atoms with Crippen LogP contribution in [0.1, 0.15) is 23.2 Å². The summed E-state index contributed by atoms with van der Waals surface area (Å²) < 4.78 is 5.22. The predicted octanol–water partition coefficient (Wildman–Crippen LogP) is 1.59. The second kappa shape index (κ2) is 7.58. The van der Waals surface area contributed by atoms with Crippen molar-refractivity contribution in [3.8, 4) is 0 Å². The molecule has 2 aromatic rings. The number of hydrogen-bond acceptors (Lipinski definition) is 6. The summed E-state index contributed by atoms with van der Waals surface area (Å²) in [5.41, 5.74) is 0.527. The van der Waals surface area contributed by atoms with Crippen molar-refractivity contribution in [2.75, 3.05) is 11.9 Å². The van der Waals surface area contributed by atoms with Crippen LogP contribution in [0.15, 0.2) is 34.7 Å². The zero-order valence-electron chi connectivity index (χ0n) is 13.6. The molecule has 0 saturated heterocycles. The molecule has 2 rings (SSSR count). The summed E-state index contributed by atoms with van der Waals surface area (Å²) in [7, 11) is 0. The second-order valence-electron chi connectivity index (χ2n) is 5.38. The van der Waals surface area contributed by atoms with Crippen LogP contribution >= 0.6 is 0 Å². The first kappa shape index (κ1) is 18.1. The van der Waals surface area contributed by atoms with Crippen molar-refractivity contribution in [3.63, 3.8) is 0 Å². The van der Waals surface area contributed by atoms with E-state index in [0.29, 0.717) is 11.3 Å². The highest BCUT2D eigenvalue weighted by Crippen LogP contribution is 2.21. The third kappa shape index (κ3) is 4.64. The van der Waals surface area contributed by atoms with Crippen LogP contribution in [0.5, 0.6) is 0 Å². The molecule has 0 fully saturated rings. The van der Waals surface area contributed by atoms with Crippen molar-refractivity contribution in [2.45, 2.75) is 20.0 Å². The lowest BCUT2D eigenvalue weighted by molar-refractivity contribution is -0.384. The maximum absolute atomic E-state index is 11.9. The van der Waals surface area contributed by atoms with Gasteiger partial charge in [0, 0.05) is 12.1 Å². The lowest BCUT2D eigenvalue weighted by Gasteiger charge is -2.11. The minimum atomic E-state index is -1.09. The molecule has 3 N–H and O–H groups in total. The Kier molecular flexibility index (Phi) is 5.50. The standard InChI is InChI=1S/C16H17N3O6/c1-9-3-5-11(19(23)24)7-12(9)18-16(22)15(21)17-8-13(20)14-6-4-10(2)25-14/h3-7,13,20H,8H2,1-2H3,(H,17,21)(H,18,22). The summed E-state index contributed by atoms with van der Waals surface area (Å²) in [6, 6.07) is 7.17. The van der Waals surface area contributed by atoms with E-state index in [4.69, 9.17) is 4.42 Å². The molecular weight excluding hydrogens is 330 g/mol. The molecule has 1 atom stereocenters. The molecule has 2 amide bonds. The zero-order chi connectivity index (χ0) is 18.6. The molecule has 9 nitrogen and oxygen atoms in total. The number of non-ortho nitro benzene ring substituents is 1. The number of nitro benzene ring substituents is 1. The van der Waals surface area contributed by atoms with Gasteiger partial charge in [-0.25, -0.2) is 0 Å². The number of nitrogens with zero attached hydrogens (tertiary/aromatic N) is 1. The van der Waals surface area contributed by atoms with E-state index in [-0.39, 0.29) is 23.7 Å². The Bertz CT molecular complexity index is 814. The van der Waals surface area contributed by atoms with E-state index in [2.05, 4.69) is 10.6 Å². The number of nitro groups is 1. The van der Waals surface area contributed by atoms with Gasteiger partial charge in [-0.2, -0.15) is 0 Å². The topological polar surface area (TPSA) is 135 Å². The summed E-state index contributed by atoms with van der Waals surface area (Å²) in [6.07, 6.45) is -1.09. The quantitative estimate of drug-likeness (QED) is 0.427. The van der Waals surface area contributed by atoms with Crippen molar-refractivity contribution in [1.29, 1.82) is 0 Å². The van der Waals surface area contributed by atoms with Crippen LogP contribution < -0.4 is 10.6 Å². The van der Waals surface area contributed by atoms with E-state index in [1.54, 1.807) is 26.0 Å². The van der Waals surface area contributed by atoms with Gasteiger partial charge in [0.05, 0.1) is 17.2 Å². The van der Waals surface area contributed by atoms with E-state index >= 15 is 0 Å². The van der Waals surface area contributed by atoms with Crippen LogP contribution in [0.3, 0.4) is 0 Å². The number of aryl methyl sites for hydroxylation is 2. The molecule has 0 radical (unpaired) electrons. The van der Waals surface area contributed by atoms with Gasteiger partial charge in [-0.05, 0) is 31.5 Å². The SMILES string of the molecule is Cc1ccc(C(O)CNC(=O)C(=O)Nc2cc([N+](=O)[O-])ccc2C)o1. The first-order chi connectivity index (χ1) is 11.8. The van der Waals surface area contributed by atoms with Gasteiger partial charge in [0.15, 0.2) is 0 Å². The Labute approximate surface area is 142 Å². The Morgan fingerprint density at radius 2 is 1.96 bits per heavy atom. The van der Waals surface area contributed by atoms with Crippen molar-refractivity contribution in [3.05, 3.63) is 57.5 Å². The molecule has 0 aliphatic rings. The summed E-state index contributed by atoms with van der Waals surface area (Å²) in [4.78, 5) is 33.9. The van der Waals surface area contributed by atoms with Crippen LogP contribution in [0.25, 0.3) is 0 Å². The van der Waals surface area contributed by atoms with E-state index in [1.165, 1.54) is 18.2 Å². The Morgan fingerprint density at radius 3 is 2.56 bits per heavy atom. The van der Waals surface area contributed by atoms with Gasteiger partial charge in [-0.15, -0.1) is 0 Å². The third-order valence-electron chi connectivity index (χ3n) is 3.43. The van der Waals surface area contributed by atoms with Gasteiger partial charge < -0.3 is 20.2 Å². The normalized spacial score (nSPS) is 11.6. The molecule has 9 heteroatoms. The summed E-state index contributed by atoms with van der Waals surface area (Å²) in [5.74, 6) is -1.09. The number of hydrogen-bond donors (Lipinski definition) is 3. The highest BCUT2D eigenvalue weighted by Gasteiger charge is 2.19. The summed E-state index contributed by atoms with van der Waals surface area (Å²) in [5, 5.41) is 25.2. The molecule has 1 unspecified atom stereocenters. The number of amides is 2. The van der Waals surface area contributed by atoms with E-state index in [9.17, 15) is 24.8 Å². The lowest BCUT2D eigenvalue weighted by atomic mass is 10.2. The van der Waals surface area contributed by atoms with Gasteiger partial charge in [0.1, 0.15) is 17.6 Å². The zero-order valence-corrected chi connectivity index (χ0v) is 13.6. The third-order valence-corrected chi connectivity index (χ3v) is 3.43. The second-order valence-corrected chi connectivity index (χ2v) is 5.38. The van der Waals surface area contributed by atoms with E-state index in [0.717, 1.165) is 0 Å². The van der Waals surface area contributed by atoms with Crippen molar-refractivity contribution < 1.29 is 24.0 Å². The summed E-state index contributed by atoms with van der Waals surface area (Å²) in [6.45, 7) is 3.14. The highest BCUT2D eigenvalue weighted by atomic mass is 16.6. The molecule has 0 bridgehead atoms. The van der Waals surface area contributed by atoms with Gasteiger partial charge in [0.2, 0.25) is 0 Å². The number of benzene rings is 1. The number of carbonyl (C=O) groups excluding carboxylic acids is 2. The first-order valence-corrected chi connectivity index (χ1v) is 7.36.